The first-order valence-electron chi connectivity index (χ1n) is 8.04. The van der Waals surface area contributed by atoms with Crippen molar-refractivity contribution in [1.82, 2.24) is 9.55 Å². The Hall–Kier alpha value is -3.15. The van der Waals surface area contributed by atoms with Crippen molar-refractivity contribution in [2.24, 2.45) is 0 Å². The number of aryl methyl sites for hydroxylation is 1. The molecule has 2 heterocycles. The van der Waals surface area contributed by atoms with Crippen molar-refractivity contribution >= 4 is 28.2 Å². The zero-order valence-corrected chi connectivity index (χ0v) is 13.4. The summed E-state index contributed by atoms with van der Waals surface area (Å²) in [6, 6.07) is 13.3. The molecular weight excluding hydrogens is 321 g/mol. The summed E-state index contributed by atoms with van der Waals surface area (Å²) in [4.78, 5) is 16.9. The number of fused-ring (bicyclic) bond motifs is 3. The number of amides is 1. The van der Waals surface area contributed by atoms with Gasteiger partial charge in [-0.25, -0.2) is 9.37 Å². The molecule has 6 heteroatoms. The van der Waals surface area contributed by atoms with Crippen molar-refractivity contribution in [3.05, 3.63) is 65.9 Å². The van der Waals surface area contributed by atoms with Gasteiger partial charge in [-0.3, -0.25) is 4.79 Å². The van der Waals surface area contributed by atoms with Gasteiger partial charge in [0.2, 0.25) is 5.91 Å². The van der Waals surface area contributed by atoms with Gasteiger partial charge in [0.15, 0.2) is 0 Å². The van der Waals surface area contributed by atoms with Gasteiger partial charge >= 0.3 is 0 Å². The van der Waals surface area contributed by atoms with Gasteiger partial charge in [-0.2, -0.15) is 0 Å². The van der Waals surface area contributed by atoms with Crippen LogP contribution >= 0.6 is 0 Å². The Labute approximate surface area is 143 Å². The molecule has 2 N–H and O–H groups in total. The van der Waals surface area contributed by atoms with E-state index in [1.54, 1.807) is 0 Å². The number of imidazole rings is 1. The molecule has 0 radical (unpaired) electrons. The van der Waals surface area contributed by atoms with Crippen LogP contribution in [0.5, 0.6) is 0 Å². The quantitative estimate of drug-likeness (QED) is 0.762. The molecule has 1 aliphatic heterocycles. The van der Waals surface area contributed by atoms with E-state index in [4.69, 9.17) is 0 Å². The molecular formula is C19H16FN3O2. The number of aliphatic hydroxyl groups is 1. The molecule has 3 aromatic rings. The Morgan fingerprint density at radius 1 is 1.20 bits per heavy atom. The van der Waals surface area contributed by atoms with Gasteiger partial charge in [-0.1, -0.05) is 12.1 Å². The maximum Gasteiger partial charge on any atom is 0.229 e. The molecule has 1 aliphatic rings. The number of rotatable bonds is 3. The third kappa shape index (κ3) is 2.87. The van der Waals surface area contributed by atoms with Crippen LogP contribution in [0.2, 0.25) is 0 Å². The SMILES string of the molecule is O=C(CC1=C(O)CCn2c1nc1ccccc12)Nc1ccc(F)cc1. The highest BCUT2D eigenvalue weighted by atomic mass is 19.1. The van der Waals surface area contributed by atoms with E-state index in [-0.39, 0.29) is 23.9 Å². The lowest BCUT2D eigenvalue weighted by molar-refractivity contribution is -0.115. The molecule has 0 saturated heterocycles. The number of anilines is 1. The van der Waals surface area contributed by atoms with Crippen molar-refractivity contribution < 1.29 is 14.3 Å². The molecule has 1 aromatic heterocycles. The third-order valence-corrected chi connectivity index (χ3v) is 4.31. The van der Waals surface area contributed by atoms with Crippen LogP contribution in [0.15, 0.2) is 54.3 Å². The zero-order chi connectivity index (χ0) is 17.4. The minimum absolute atomic E-state index is 0.00648. The van der Waals surface area contributed by atoms with E-state index in [1.807, 2.05) is 28.8 Å². The highest BCUT2D eigenvalue weighted by Gasteiger charge is 2.24. The molecule has 25 heavy (non-hydrogen) atoms. The standard InChI is InChI=1S/C19H16FN3O2/c20-12-5-7-13(8-6-12)21-18(25)11-14-17(24)9-10-23-16-4-2-1-3-15(16)22-19(14)23/h1-8,24H,9-11H2,(H,21,25). The summed E-state index contributed by atoms with van der Waals surface area (Å²) in [6.45, 7) is 0.630. The maximum absolute atomic E-state index is 13.0. The number of nitrogens with one attached hydrogen (secondary N) is 1. The van der Waals surface area contributed by atoms with E-state index in [9.17, 15) is 14.3 Å². The van der Waals surface area contributed by atoms with Crippen LogP contribution in [0.4, 0.5) is 10.1 Å². The second-order valence-corrected chi connectivity index (χ2v) is 5.98. The number of benzene rings is 2. The molecule has 0 unspecified atom stereocenters. The van der Waals surface area contributed by atoms with Gasteiger partial charge in [-0.05, 0) is 36.4 Å². The average Bonchev–Trinajstić information content (AvgIpc) is 2.98. The number of hydrogen-bond acceptors (Lipinski definition) is 3. The van der Waals surface area contributed by atoms with Crippen LogP contribution in [0, 0.1) is 5.82 Å². The predicted molar refractivity (Wildman–Crippen MR) is 93.5 cm³/mol. The van der Waals surface area contributed by atoms with E-state index in [2.05, 4.69) is 10.3 Å². The number of allylic oxidation sites excluding steroid dienone is 1. The summed E-state index contributed by atoms with van der Waals surface area (Å²) in [5.41, 5.74) is 2.86. The number of aliphatic hydroxyl groups excluding tert-OH is 1. The lowest BCUT2D eigenvalue weighted by atomic mass is 10.0. The van der Waals surface area contributed by atoms with E-state index in [0.29, 0.717) is 30.1 Å². The van der Waals surface area contributed by atoms with Crippen LogP contribution < -0.4 is 5.32 Å². The highest BCUT2D eigenvalue weighted by Crippen LogP contribution is 2.31. The highest BCUT2D eigenvalue weighted by molar-refractivity contribution is 5.98. The number of para-hydroxylation sites is 2. The Balaban J connectivity index is 1.61. The summed E-state index contributed by atoms with van der Waals surface area (Å²) in [5, 5.41) is 13.0. The fraction of sp³-hybridized carbons (Fsp3) is 0.158. The molecule has 1 amide bonds. The number of aromatic nitrogens is 2. The first kappa shape index (κ1) is 15.4. The van der Waals surface area contributed by atoms with Crippen LogP contribution in [-0.4, -0.2) is 20.6 Å². The molecule has 0 spiro atoms. The second-order valence-electron chi connectivity index (χ2n) is 5.98. The Morgan fingerprint density at radius 3 is 2.76 bits per heavy atom. The Bertz CT molecular complexity index is 990. The molecule has 126 valence electrons. The Kier molecular flexibility index (Phi) is 3.72. The van der Waals surface area contributed by atoms with Gasteiger partial charge in [0, 0.05) is 24.2 Å². The van der Waals surface area contributed by atoms with Gasteiger partial charge in [0.1, 0.15) is 17.4 Å². The molecule has 0 bridgehead atoms. The summed E-state index contributed by atoms with van der Waals surface area (Å²) in [7, 11) is 0. The number of hydrogen-bond donors (Lipinski definition) is 2. The summed E-state index contributed by atoms with van der Waals surface area (Å²) >= 11 is 0. The number of nitrogens with zero attached hydrogens (tertiary/aromatic N) is 2. The molecule has 4 rings (SSSR count). The topological polar surface area (TPSA) is 67.1 Å². The lowest BCUT2D eigenvalue weighted by Crippen LogP contribution is -2.18. The summed E-state index contributed by atoms with van der Waals surface area (Å²) < 4.78 is 15.0. The van der Waals surface area contributed by atoms with Gasteiger partial charge in [-0.15, -0.1) is 0 Å². The maximum atomic E-state index is 13.0. The van der Waals surface area contributed by atoms with Crippen LogP contribution in [0.25, 0.3) is 16.6 Å². The first-order chi connectivity index (χ1) is 12.1. The van der Waals surface area contributed by atoms with Crippen molar-refractivity contribution in [2.75, 3.05) is 5.32 Å². The van der Waals surface area contributed by atoms with E-state index >= 15 is 0 Å². The van der Waals surface area contributed by atoms with Crippen molar-refractivity contribution in [3.8, 4) is 0 Å². The average molecular weight is 337 g/mol. The van der Waals surface area contributed by atoms with Crippen LogP contribution in [0.1, 0.15) is 18.7 Å². The third-order valence-electron chi connectivity index (χ3n) is 4.31. The molecule has 0 atom stereocenters. The van der Waals surface area contributed by atoms with Crippen molar-refractivity contribution in [2.45, 2.75) is 19.4 Å². The van der Waals surface area contributed by atoms with Crippen molar-refractivity contribution in [1.29, 1.82) is 0 Å². The monoisotopic (exact) mass is 337 g/mol. The lowest BCUT2D eigenvalue weighted by Gasteiger charge is -2.19. The van der Waals surface area contributed by atoms with Crippen LogP contribution in [0.3, 0.4) is 0 Å². The summed E-state index contributed by atoms with van der Waals surface area (Å²) in [5.74, 6) is 0.171. The number of halogens is 1. The fourth-order valence-corrected chi connectivity index (χ4v) is 3.11. The number of carbonyl (C=O) groups is 1. The minimum Gasteiger partial charge on any atom is -0.512 e. The molecule has 0 fully saturated rings. The molecule has 5 nitrogen and oxygen atoms in total. The molecule has 0 saturated carbocycles. The van der Waals surface area contributed by atoms with Gasteiger partial charge in [0.25, 0.3) is 0 Å². The zero-order valence-electron chi connectivity index (χ0n) is 13.4. The smallest absolute Gasteiger partial charge is 0.229 e. The molecule has 0 aliphatic carbocycles. The first-order valence-corrected chi connectivity index (χ1v) is 8.04. The second kappa shape index (κ2) is 6.05. The largest absolute Gasteiger partial charge is 0.512 e. The fourth-order valence-electron chi connectivity index (χ4n) is 3.11. The minimum atomic E-state index is -0.362. The van der Waals surface area contributed by atoms with E-state index in [1.165, 1.54) is 24.3 Å². The predicted octanol–water partition coefficient (Wildman–Crippen LogP) is 3.88. The van der Waals surface area contributed by atoms with E-state index in [0.717, 1.165) is 11.0 Å². The van der Waals surface area contributed by atoms with Crippen LogP contribution in [-0.2, 0) is 11.3 Å². The summed E-state index contributed by atoms with van der Waals surface area (Å²) in [6.07, 6.45) is 0.471. The molecule has 2 aromatic carbocycles. The Morgan fingerprint density at radius 2 is 1.96 bits per heavy atom. The number of carbonyl (C=O) groups excluding carboxylic acids is 1. The van der Waals surface area contributed by atoms with Gasteiger partial charge < -0.3 is 15.0 Å². The van der Waals surface area contributed by atoms with Crippen molar-refractivity contribution in [3.63, 3.8) is 0 Å². The normalized spacial score (nSPS) is 13.8. The van der Waals surface area contributed by atoms with Gasteiger partial charge in [0.05, 0.1) is 17.5 Å². The van der Waals surface area contributed by atoms with E-state index < -0.39 is 0 Å².